The molecule has 1 aliphatic rings. The number of halogens is 1. The highest BCUT2D eigenvalue weighted by Gasteiger charge is 2.29. The van der Waals surface area contributed by atoms with Crippen molar-refractivity contribution < 1.29 is 4.39 Å². The van der Waals surface area contributed by atoms with Crippen molar-refractivity contribution in [1.29, 1.82) is 0 Å². The lowest BCUT2D eigenvalue weighted by Crippen LogP contribution is -2.38. The van der Waals surface area contributed by atoms with Crippen molar-refractivity contribution in [2.75, 3.05) is 11.4 Å². The van der Waals surface area contributed by atoms with Gasteiger partial charge in [-0.25, -0.2) is 9.37 Å². The van der Waals surface area contributed by atoms with Crippen LogP contribution in [0.4, 0.5) is 10.2 Å². The van der Waals surface area contributed by atoms with Gasteiger partial charge < -0.3 is 10.2 Å². The largest absolute Gasteiger partial charge is 0.353 e. The molecule has 1 aliphatic heterocycles. The van der Waals surface area contributed by atoms with Crippen molar-refractivity contribution in [3.63, 3.8) is 0 Å². The maximum Gasteiger partial charge on any atom is 0.141 e. The number of aromatic nitrogens is 1. The van der Waals surface area contributed by atoms with Crippen molar-refractivity contribution >= 4 is 5.82 Å². The zero-order chi connectivity index (χ0) is 15.6. The normalized spacial score (nSPS) is 19.6. The molecule has 1 N–H and O–H groups in total. The van der Waals surface area contributed by atoms with Gasteiger partial charge in [0.15, 0.2) is 0 Å². The van der Waals surface area contributed by atoms with E-state index in [1.807, 2.05) is 0 Å². The Balaban J connectivity index is 2.26. The first kappa shape index (κ1) is 16.2. The van der Waals surface area contributed by atoms with Crippen LogP contribution in [0.2, 0.25) is 0 Å². The van der Waals surface area contributed by atoms with Gasteiger partial charge in [0.1, 0.15) is 11.6 Å². The van der Waals surface area contributed by atoms with Gasteiger partial charge in [0.05, 0.1) is 6.20 Å². The van der Waals surface area contributed by atoms with Gasteiger partial charge in [0.2, 0.25) is 0 Å². The Bertz CT molecular complexity index is 479. The fourth-order valence-electron chi connectivity index (χ4n) is 2.97. The van der Waals surface area contributed by atoms with Gasteiger partial charge in [-0.1, -0.05) is 13.8 Å². The SMILES string of the molecule is CC(C)C1CCCN1c1ncc(F)cc1CNC(C)(C)C. The van der Waals surface area contributed by atoms with E-state index in [-0.39, 0.29) is 11.4 Å². The topological polar surface area (TPSA) is 28.2 Å². The number of pyridine rings is 1. The predicted molar refractivity (Wildman–Crippen MR) is 86.0 cm³/mol. The molecule has 2 heterocycles. The van der Waals surface area contributed by atoms with Crippen LogP contribution in [0.15, 0.2) is 12.3 Å². The van der Waals surface area contributed by atoms with Crippen molar-refractivity contribution in [1.82, 2.24) is 10.3 Å². The van der Waals surface area contributed by atoms with E-state index in [2.05, 4.69) is 49.8 Å². The van der Waals surface area contributed by atoms with Gasteiger partial charge in [-0.05, 0) is 45.6 Å². The minimum Gasteiger partial charge on any atom is -0.353 e. The third-order valence-corrected chi connectivity index (χ3v) is 4.06. The molecule has 1 aromatic heterocycles. The Morgan fingerprint density at radius 2 is 2.14 bits per heavy atom. The quantitative estimate of drug-likeness (QED) is 0.916. The molecule has 118 valence electrons. The van der Waals surface area contributed by atoms with Crippen LogP contribution in [-0.4, -0.2) is 23.1 Å². The lowest BCUT2D eigenvalue weighted by Gasteiger charge is -2.31. The fourth-order valence-corrected chi connectivity index (χ4v) is 2.97. The molecule has 0 radical (unpaired) electrons. The van der Waals surface area contributed by atoms with E-state index in [0.29, 0.717) is 18.5 Å². The van der Waals surface area contributed by atoms with Gasteiger partial charge in [-0.15, -0.1) is 0 Å². The molecule has 21 heavy (non-hydrogen) atoms. The molecule has 1 aromatic rings. The third-order valence-electron chi connectivity index (χ3n) is 4.06. The molecule has 0 spiro atoms. The van der Waals surface area contributed by atoms with Gasteiger partial charge in [-0.2, -0.15) is 0 Å². The number of nitrogens with one attached hydrogen (secondary N) is 1. The Morgan fingerprint density at radius 1 is 1.43 bits per heavy atom. The molecule has 0 amide bonds. The molecule has 1 fully saturated rings. The summed E-state index contributed by atoms with van der Waals surface area (Å²) in [6.45, 7) is 12.5. The zero-order valence-electron chi connectivity index (χ0n) is 13.9. The van der Waals surface area contributed by atoms with Crippen LogP contribution >= 0.6 is 0 Å². The highest BCUT2D eigenvalue weighted by Crippen LogP contribution is 2.31. The maximum absolute atomic E-state index is 13.6. The summed E-state index contributed by atoms with van der Waals surface area (Å²) in [5, 5.41) is 3.44. The first-order valence-corrected chi connectivity index (χ1v) is 7.94. The third kappa shape index (κ3) is 4.16. The Hall–Kier alpha value is -1.16. The summed E-state index contributed by atoms with van der Waals surface area (Å²) < 4.78 is 13.6. The van der Waals surface area contributed by atoms with E-state index < -0.39 is 0 Å². The molecule has 1 atom stereocenters. The van der Waals surface area contributed by atoms with E-state index in [4.69, 9.17) is 0 Å². The number of anilines is 1. The summed E-state index contributed by atoms with van der Waals surface area (Å²) in [4.78, 5) is 6.77. The van der Waals surface area contributed by atoms with Gasteiger partial charge in [0.25, 0.3) is 0 Å². The van der Waals surface area contributed by atoms with Crippen LogP contribution in [-0.2, 0) is 6.54 Å². The standard InChI is InChI=1S/C17H28FN3/c1-12(2)15-7-6-8-21(15)16-13(9-14(18)11-19-16)10-20-17(3,4)5/h9,11-12,15,20H,6-8,10H2,1-5H3. The van der Waals surface area contributed by atoms with Crippen LogP contribution in [0.1, 0.15) is 53.0 Å². The van der Waals surface area contributed by atoms with E-state index in [9.17, 15) is 4.39 Å². The van der Waals surface area contributed by atoms with Gasteiger partial charge >= 0.3 is 0 Å². The first-order chi connectivity index (χ1) is 9.78. The smallest absolute Gasteiger partial charge is 0.141 e. The van der Waals surface area contributed by atoms with E-state index in [0.717, 1.165) is 17.9 Å². The van der Waals surface area contributed by atoms with Crippen LogP contribution in [0, 0.1) is 11.7 Å². The molecular weight excluding hydrogens is 265 g/mol. The zero-order valence-corrected chi connectivity index (χ0v) is 13.9. The van der Waals surface area contributed by atoms with E-state index >= 15 is 0 Å². The van der Waals surface area contributed by atoms with Crippen molar-refractivity contribution in [2.24, 2.45) is 5.92 Å². The van der Waals surface area contributed by atoms with Crippen LogP contribution in [0.3, 0.4) is 0 Å². The van der Waals surface area contributed by atoms with Gasteiger partial charge in [-0.3, -0.25) is 0 Å². The van der Waals surface area contributed by atoms with Crippen molar-refractivity contribution in [2.45, 2.75) is 65.6 Å². The minimum atomic E-state index is -0.259. The molecule has 1 unspecified atom stereocenters. The van der Waals surface area contributed by atoms with Crippen LogP contribution in [0.5, 0.6) is 0 Å². The Labute approximate surface area is 127 Å². The summed E-state index contributed by atoms with van der Waals surface area (Å²) in [6, 6.07) is 2.13. The highest BCUT2D eigenvalue weighted by molar-refractivity contribution is 5.49. The number of hydrogen-bond donors (Lipinski definition) is 1. The number of nitrogens with zero attached hydrogens (tertiary/aromatic N) is 2. The van der Waals surface area contributed by atoms with Crippen LogP contribution in [0.25, 0.3) is 0 Å². The second kappa shape index (κ2) is 6.30. The van der Waals surface area contributed by atoms with Crippen molar-refractivity contribution in [3.05, 3.63) is 23.6 Å². The molecule has 0 bridgehead atoms. The molecule has 0 saturated carbocycles. The summed E-state index contributed by atoms with van der Waals surface area (Å²) in [5.74, 6) is 1.27. The lowest BCUT2D eigenvalue weighted by atomic mass is 10.0. The Kier molecular flexibility index (Phi) is 4.87. The molecular formula is C17H28FN3. The minimum absolute atomic E-state index is 0.00600. The molecule has 1 saturated heterocycles. The molecule has 3 nitrogen and oxygen atoms in total. The maximum atomic E-state index is 13.6. The van der Waals surface area contributed by atoms with Crippen LogP contribution < -0.4 is 10.2 Å². The summed E-state index contributed by atoms with van der Waals surface area (Å²) in [7, 11) is 0. The highest BCUT2D eigenvalue weighted by atomic mass is 19.1. The summed E-state index contributed by atoms with van der Waals surface area (Å²) >= 11 is 0. The number of hydrogen-bond acceptors (Lipinski definition) is 3. The molecule has 0 aliphatic carbocycles. The second-order valence-corrected chi connectivity index (χ2v) is 7.39. The summed E-state index contributed by atoms with van der Waals surface area (Å²) in [5.41, 5.74) is 0.962. The summed E-state index contributed by atoms with van der Waals surface area (Å²) in [6.07, 6.45) is 3.72. The van der Waals surface area contributed by atoms with E-state index in [1.165, 1.54) is 19.0 Å². The average molecular weight is 293 g/mol. The Morgan fingerprint density at radius 3 is 2.76 bits per heavy atom. The fraction of sp³-hybridized carbons (Fsp3) is 0.706. The van der Waals surface area contributed by atoms with Crippen molar-refractivity contribution in [3.8, 4) is 0 Å². The molecule has 4 heteroatoms. The first-order valence-electron chi connectivity index (χ1n) is 7.94. The second-order valence-electron chi connectivity index (χ2n) is 7.39. The number of rotatable bonds is 4. The average Bonchev–Trinajstić information content (AvgIpc) is 2.84. The van der Waals surface area contributed by atoms with E-state index in [1.54, 1.807) is 6.07 Å². The molecule has 2 rings (SSSR count). The lowest BCUT2D eigenvalue weighted by molar-refractivity contribution is 0.422. The monoisotopic (exact) mass is 293 g/mol. The molecule has 0 aromatic carbocycles. The van der Waals surface area contributed by atoms with Gasteiger partial charge in [0, 0.05) is 30.2 Å². The predicted octanol–water partition coefficient (Wildman–Crippen LogP) is 3.73.